The van der Waals surface area contributed by atoms with Gasteiger partial charge in [0.25, 0.3) is 11.6 Å². The van der Waals surface area contributed by atoms with E-state index >= 15 is 0 Å². The van der Waals surface area contributed by atoms with E-state index < -0.39 is 16.9 Å². The van der Waals surface area contributed by atoms with Crippen LogP contribution in [0, 0.1) is 10.1 Å². The Morgan fingerprint density at radius 2 is 2.06 bits per heavy atom. The van der Waals surface area contributed by atoms with E-state index in [1.54, 1.807) is 36.3 Å². The number of imidazole rings is 1. The fourth-order valence-corrected chi connectivity index (χ4v) is 5.20. The lowest BCUT2D eigenvalue weighted by Crippen LogP contribution is -2.12. The molecule has 0 saturated heterocycles. The Bertz CT molecular complexity index is 1640. The number of fused-ring (bicyclic) bond motifs is 1. The fraction of sp³-hybridized carbons (Fsp3) is 0.125. The van der Waals surface area contributed by atoms with Crippen molar-refractivity contribution < 1.29 is 14.5 Å². The van der Waals surface area contributed by atoms with Crippen molar-refractivity contribution in [3.05, 3.63) is 86.8 Å². The van der Waals surface area contributed by atoms with Gasteiger partial charge in [0.05, 0.1) is 22.2 Å². The van der Waals surface area contributed by atoms with Crippen molar-refractivity contribution in [2.45, 2.75) is 13.0 Å². The fourth-order valence-electron chi connectivity index (χ4n) is 3.92. The van der Waals surface area contributed by atoms with Gasteiger partial charge in [0.15, 0.2) is 0 Å². The number of carbonyl (C=O) groups is 1. The predicted molar refractivity (Wildman–Crippen MR) is 137 cm³/mol. The summed E-state index contributed by atoms with van der Waals surface area (Å²) in [6.07, 6.45) is 4.70. The zero-order valence-electron chi connectivity index (χ0n) is 19.1. The third-order valence-corrected chi connectivity index (χ3v) is 7.22. The summed E-state index contributed by atoms with van der Waals surface area (Å²) in [4.78, 5) is 27.6. The molecule has 0 aliphatic rings. The summed E-state index contributed by atoms with van der Waals surface area (Å²) in [6, 6.07) is 12.1. The Balaban J connectivity index is 1.49. The summed E-state index contributed by atoms with van der Waals surface area (Å²) in [7, 11) is 1.86. The van der Waals surface area contributed by atoms with Gasteiger partial charge in [-0.25, -0.2) is 4.98 Å². The van der Waals surface area contributed by atoms with Crippen LogP contribution in [0.5, 0.6) is 5.75 Å². The number of benzene rings is 2. The van der Waals surface area contributed by atoms with Crippen LogP contribution in [-0.2, 0) is 7.05 Å². The summed E-state index contributed by atoms with van der Waals surface area (Å²) in [5, 5.41) is 16.1. The highest BCUT2D eigenvalue weighted by Crippen LogP contribution is 2.38. The van der Waals surface area contributed by atoms with E-state index in [2.05, 4.69) is 10.1 Å². The van der Waals surface area contributed by atoms with E-state index in [-0.39, 0.29) is 21.3 Å². The molecule has 5 aromatic rings. The van der Waals surface area contributed by atoms with Gasteiger partial charge in [-0.3, -0.25) is 24.2 Å². The molecular formula is C24H19ClN6O4S. The number of nitrogens with two attached hydrogens (primary N) is 1. The quantitative estimate of drug-likeness (QED) is 0.228. The number of hydrogen-bond donors (Lipinski definition) is 1. The molecule has 0 aliphatic heterocycles. The zero-order valence-corrected chi connectivity index (χ0v) is 20.7. The molecule has 2 N–H and O–H groups in total. The molecule has 182 valence electrons. The summed E-state index contributed by atoms with van der Waals surface area (Å²) in [5.41, 5.74) is 9.39. The lowest BCUT2D eigenvalue weighted by Gasteiger charge is -2.16. The second kappa shape index (κ2) is 9.10. The van der Waals surface area contributed by atoms with Gasteiger partial charge < -0.3 is 10.5 Å². The highest BCUT2D eigenvalue weighted by Gasteiger charge is 2.24. The molecule has 2 aromatic carbocycles. The van der Waals surface area contributed by atoms with Crippen molar-refractivity contribution in [2.24, 2.45) is 12.8 Å². The van der Waals surface area contributed by atoms with E-state index in [1.165, 1.54) is 12.1 Å². The van der Waals surface area contributed by atoms with Gasteiger partial charge in [-0.1, -0.05) is 29.8 Å². The Morgan fingerprint density at radius 1 is 1.25 bits per heavy atom. The molecular weight excluding hydrogens is 504 g/mol. The Kier molecular flexibility index (Phi) is 5.94. The van der Waals surface area contributed by atoms with Crippen LogP contribution < -0.4 is 10.5 Å². The minimum Gasteiger partial charge on any atom is -0.484 e. The lowest BCUT2D eigenvalue weighted by molar-refractivity contribution is -0.384. The summed E-state index contributed by atoms with van der Waals surface area (Å²) < 4.78 is 9.62. The van der Waals surface area contributed by atoms with Crippen molar-refractivity contribution in [1.29, 1.82) is 0 Å². The highest BCUT2D eigenvalue weighted by molar-refractivity contribution is 7.16. The van der Waals surface area contributed by atoms with Crippen LogP contribution >= 0.6 is 22.9 Å². The van der Waals surface area contributed by atoms with Gasteiger partial charge in [-0.15, -0.1) is 11.3 Å². The Labute approximate surface area is 213 Å². The van der Waals surface area contributed by atoms with E-state index in [1.807, 2.05) is 36.0 Å². The number of amides is 1. The first-order chi connectivity index (χ1) is 17.2. The smallest absolute Gasteiger partial charge is 0.288 e. The molecule has 0 bridgehead atoms. The number of nitro groups is 1. The lowest BCUT2D eigenvalue weighted by atomic mass is 10.1. The standard InChI is InChI=1S/C24H19ClN6O4S/c1-13(16-4-3-5-19(22(16)25)31(33)34)35-20-9-21(36-23(20)24(26)32)30-12-27-17-8-14(6-7-18(17)30)15-10-28-29(2)11-15/h3-13H,1-2H3,(H2,26,32)/t13-/m1/s1. The van der Waals surface area contributed by atoms with E-state index in [9.17, 15) is 14.9 Å². The molecule has 5 rings (SSSR count). The maximum atomic E-state index is 12.2. The number of thiophene rings is 1. The van der Waals surface area contributed by atoms with Crippen molar-refractivity contribution in [3.63, 3.8) is 0 Å². The topological polar surface area (TPSA) is 131 Å². The minimum atomic E-state index is -0.681. The van der Waals surface area contributed by atoms with Crippen LogP contribution in [0.25, 0.3) is 27.2 Å². The van der Waals surface area contributed by atoms with Crippen LogP contribution in [0.2, 0.25) is 5.02 Å². The molecule has 1 amide bonds. The zero-order chi connectivity index (χ0) is 25.6. The van der Waals surface area contributed by atoms with E-state index in [0.29, 0.717) is 10.6 Å². The van der Waals surface area contributed by atoms with E-state index in [4.69, 9.17) is 22.1 Å². The monoisotopic (exact) mass is 522 g/mol. The molecule has 12 heteroatoms. The van der Waals surface area contributed by atoms with Crippen LogP contribution in [-0.4, -0.2) is 30.2 Å². The molecule has 1 atom stereocenters. The molecule has 3 heterocycles. The summed E-state index contributed by atoms with van der Waals surface area (Å²) in [5.74, 6) is -0.395. The number of aromatic nitrogens is 4. The number of carbonyl (C=O) groups excluding carboxylic acids is 1. The van der Waals surface area contributed by atoms with Crippen molar-refractivity contribution in [1.82, 2.24) is 19.3 Å². The Hall–Kier alpha value is -4.22. The first-order valence-electron chi connectivity index (χ1n) is 10.7. The van der Waals surface area contributed by atoms with Crippen molar-refractivity contribution in [2.75, 3.05) is 0 Å². The van der Waals surface area contributed by atoms with Gasteiger partial charge in [0.1, 0.15) is 33.1 Å². The molecule has 0 aliphatic carbocycles. The van der Waals surface area contributed by atoms with Crippen molar-refractivity contribution in [3.8, 4) is 21.9 Å². The number of halogens is 1. The molecule has 0 spiro atoms. The number of rotatable bonds is 7. The predicted octanol–water partition coefficient (Wildman–Crippen LogP) is 5.29. The number of hydrogen-bond acceptors (Lipinski definition) is 7. The highest BCUT2D eigenvalue weighted by atomic mass is 35.5. The number of primary amides is 1. The molecule has 0 fully saturated rings. The molecule has 36 heavy (non-hydrogen) atoms. The van der Waals surface area contributed by atoms with Crippen LogP contribution in [0.3, 0.4) is 0 Å². The third kappa shape index (κ3) is 4.18. The third-order valence-electron chi connectivity index (χ3n) is 5.68. The van der Waals surface area contributed by atoms with Gasteiger partial charge in [0.2, 0.25) is 0 Å². The second-order valence-corrected chi connectivity index (χ2v) is 9.47. The Morgan fingerprint density at radius 3 is 2.75 bits per heavy atom. The van der Waals surface area contributed by atoms with Gasteiger partial charge >= 0.3 is 0 Å². The number of aryl methyl sites for hydroxylation is 1. The average molecular weight is 523 g/mol. The number of nitrogens with zero attached hydrogens (tertiary/aromatic N) is 5. The molecule has 0 unspecified atom stereocenters. The molecule has 3 aromatic heterocycles. The first kappa shape index (κ1) is 23.5. The van der Waals surface area contributed by atoms with Crippen LogP contribution in [0.15, 0.2) is 61.2 Å². The van der Waals surface area contributed by atoms with E-state index in [0.717, 1.165) is 33.5 Å². The van der Waals surface area contributed by atoms with Crippen LogP contribution in [0.4, 0.5) is 5.69 Å². The largest absolute Gasteiger partial charge is 0.484 e. The van der Waals surface area contributed by atoms with Gasteiger partial charge in [-0.05, 0) is 24.6 Å². The van der Waals surface area contributed by atoms with Crippen molar-refractivity contribution >= 4 is 45.6 Å². The average Bonchev–Trinajstić information content (AvgIpc) is 3.56. The minimum absolute atomic E-state index is 0.0175. The van der Waals surface area contributed by atoms with Crippen LogP contribution in [0.1, 0.15) is 28.3 Å². The maximum absolute atomic E-state index is 12.2. The summed E-state index contributed by atoms with van der Waals surface area (Å²) in [6.45, 7) is 1.69. The molecule has 0 radical (unpaired) electrons. The second-order valence-electron chi connectivity index (χ2n) is 8.06. The maximum Gasteiger partial charge on any atom is 0.288 e. The molecule has 10 nitrogen and oxygen atoms in total. The summed E-state index contributed by atoms with van der Waals surface area (Å²) >= 11 is 7.41. The first-order valence-corrected chi connectivity index (χ1v) is 11.9. The number of nitro benzene ring substituents is 1. The SMILES string of the molecule is C[C@@H](Oc1cc(-n2cnc3cc(-c4cnn(C)c4)ccc32)sc1C(N)=O)c1cccc([N+](=O)[O-])c1Cl. The van der Waals surface area contributed by atoms with Gasteiger partial charge in [0, 0.05) is 36.5 Å². The number of ether oxygens (including phenoxy) is 1. The molecule has 0 saturated carbocycles. The van der Waals surface area contributed by atoms with Gasteiger partial charge in [-0.2, -0.15) is 5.10 Å². The normalized spacial score (nSPS) is 12.1.